The van der Waals surface area contributed by atoms with Crippen LogP contribution in [0.25, 0.3) is 0 Å². The van der Waals surface area contributed by atoms with Gasteiger partial charge in [0.05, 0.1) is 18.5 Å². The molecule has 3 rings (SSSR count). The van der Waals surface area contributed by atoms with E-state index in [2.05, 4.69) is 46.3 Å². The number of nitrogens with one attached hydrogen (secondary N) is 4. The standard InChI is InChI=1S/C32H41N5O5/c1-4-24(21(2)3)17-29(38)26(15-22-11-7-5-8-12-22)35-31(40)28(18-25-19-33-20-34-25)36-30(39)27(37-32(41)42)16-23-13-9-6-10-14-23/h4-14,19-21,24,26-29,37-38H,1,15-18H2,2-3H3,(H,33,34)(H,35,40)(H,36,39)(H,41,42)/t24-,26-,27-,28+,29+/m0/s1. The lowest BCUT2D eigenvalue weighted by Gasteiger charge is -2.30. The van der Waals surface area contributed by atoms with Gasteiger partial charge in [-0.25, -0.2) is 9.78 Å². The summed E-state index contributed by atoms with van der Waals surface area (Å²) in [5, 5.41) is 28.7. The van der Waals surface area contributed by atoms with Gasteiger partial charge in [-0.3, -0.25) is 9.59 Å². The van der Waals surface area contributed by atoms with Crippen LogP contribution in [0, 0.1) is 11.8 Å². The van der Waals surface area contributed by atoms with E-state index >= 15 is 0 Å². The molecule has 0 saturated carbocycles. The molecule has 2 aromatic carbocycles. The quantitative estimate of drug-likeness (QED) is 0.144. The van der Waals surface area contributed by atoms with Crippen LogP contribution in [-0.4, -0.2) is 62.3 Å². The third kappa shape index (κ3) is 10.2. The molecule has 10 nitrogen and oxygen atoms in total. The number of imidazole rings is 1. The summed E-state index contributed by atoms with van der Waals surface area (Å²) < 4.78 is 0. The highest BCUT2D eigenvalue weighted by molar-refractivity contribution is 5.91. The van der Waals surface area contributed by atoms with E-state index in [0.29, 0.717) is 18.5 Å². The zero-order valence-corrected chi connectivity index (χ0v) is 24.1. The number of aromatic nitrogens is 2. The molecule has 0 aliphatic carbocycles. The fourth-order valence-corrected chi connectivity index (χ4v) is 4.82. The normalized spacial score (nSPS) is 14.7. The van der Waals surface area contributed by atoms with Crippen LogP contribution in [0.5, 0.6) is 0 Å². The van der Waals surface area contributed by atoms with Crippen molar-refractivity contribution in [3.05, 3.63) is 103 Å². The highest BCUT2D eigenvalue weighted by Gasteiger charge is 2.31. The Morgan fingerprint density at radius 2 is 1.45 bits per heavy atom. The Hall–Kier alpha value is -4.44. The molecule has 1 aromatic heterocycles. The molecule has 10 heteroatoms. The molecule has 42 heavy (non-hydrogen) atoms. The average Bonchev–Trinajstić information content (AvgIpc) is 3.48. The maximum absolute atomic E-state index is 13.8. The zero-order chi connectivity index (χ0) is 30.5. The van der Waals surface area contributed by atoms with Gasteiger partial charge in [0.25, 0.3) is 0 Å². The SMILES string of the molecule is C=C[C@@H](C[C@@H](O)[C@H](Cc1ccccc1)NC(=O)[C@@H](Cc1cnc[nH]1)NC(=O)[C@H](Cc1ccccc1)NC(=O)O)C(C)C. The second-order valence-electron chi connectivity index (χ2n) is 10.8. The number of aliphatic hydroxyl groups excluding tert-OH is 1. The van der Waals surface area contributed by atoms with Crippen molar-refractivity contribution in [2.45, 2.75) is 63.8 Å². The number of allylic oxidation sites excluding steroid dienone is 1. The Labute approximate surface area is 246 Å². The molecule has 224 valence electrons. The number of hydrogen-bond acceptors (Lipinski definition) is 5. The Balaban J connectivity index is 1.84. The first-order valence-corrected chi connectivity index (χ1v) is 14.1. The van der Waals surface area contributed by atoms with Crippen molar-refractivity contribution < 1.29 is 24.6 Å². The van der Waals surface area contributed by atoms with Gasteiger partial charge in [0.1, 0.15) is 12.1 Å². The summed E-state index contributed by atoms with van der Waals surface area (Å²) in [6.07, 6.45) is 3.56. The van der Waals surface area contributed by atoms with Gasteiger partial charge in [-0.15, -0.1) is 6.58 Å². The van der Waals surface area contributed by atoms with Crippen molar-refractivity contribution in [3.63, 3.8) is 0 Å². The van der Waals surface area contributed by atoms with E-state index in [1.807, 2.05) is 42.5 Å². The van der Waals surface area contributed by atoms with Gasteiger partial charge in [-0.1, -0.05) is 80.6 Å². The van der Waals surface area contributed by atoms with Crippen LogP contribution in [0.2, 0.25) is 0 Å². The van der Waals surface area contributed by atoms with E-state index in [-0.39, 0.29) is 24.7 Å². The minimum atomic E-state index is -1.35. The van der Waals surface area contributed by atoms with Crippen molar-refractivity contribution in [2.24, 2.45) is 11.8 Å². The molecule has 3 aromatic rings. The zero-order valence-electron chi connectivity index (χ0n) is 24.1. The third-order valence-corrected chi connectivity index (χ3v) is 7.27. The minimum absolute atomic E-state index is 0.0384. The van der Waals surface area contributed by atoms with Gasteiger partial charge in [-0.05, 0) is 35.8 Å². The number of carbonyl (C=O) groups excluding carboxylic acids is 2. The van der Waals surface area contributed by atoms with Crippen LogP contribution in [0.3, 0.4) is 0 Å². The number of hydrogen-bond donors (Lipinski definition) is 6. The fraction of sp³-hybridized carbons (Fsp3) is 0.375. The lowest BCUT2D eigenvalue weighted by atomic mass is 9.86. The summed E-state index contributed by atoms with van der Waals surface area (Å²) in [5.41, 5.74) is 2.30. The number of rotatable bonds is 16. The number of benzene rings is 2. The molecular formula is C32H41N5O5. The molecule has 0 saturated heterocycles. The Bertz CT molecular complexity index is 1270. The highest BCUT2D eigenvalue weighted by Crippen LogP contribution is 2.21. The maximum Gasteiger partial charge on any atom is 0.405 e. The monoisotopic (exact) mass is 575 g/mol. The Kier molecular flexibility index (Phi) is 12.3. The summed E-state index contributed by atoms with van der Waals surface area (Å²) in [4.78, 5) is 45.6. The molecule has 6 N–H and O–H groups in total. The van der Waals surface area contributed by atoms with E-state index in [0.717, 1.165) is 11.1 Å². The van der Waals surface area contributed by atoms with Crippen LogP contribution in [0.4, 0.5) is 4.79 Å². The predicted molar refractivity (Wildman–Crippen MR) is 161 cm³/mol. The van der Waals surface area contributed by atoms with Gasteiger partial charge >= 0.3 is 6.09 Å². The molecule has 0 aliphatic rings. The second kappa shape index (κ2) is 16.1. The second-order valence-corrected chi connectivity index (χ2v) is 10.8. The van der Waals surface area contributed by atoms with Gasteiger partial charge in [0.15, 0.2) is 0 Å². The van der Waals surface area contributed by atoms with Crippen LogP contribution < -0.4 is 16.0 Å². The first-order chi connectivity index (χ1) is 20.2. The molecule has 0 fully saturated rings. The highest BCUT2D eigenvalue weighted by atomic mass is 16.4. The molecule has 0 bridgehead atoms. The third-order valence-electron chi connectivity index (χ3n) is 7.27. The number of H-pyrrole nitrogens is 1. The predicted octanol–water partition coefficient (Wildman–Crippen LogP) is 3.25. The minimum Gasteiger partial charge on any atom is -0.465 e. The molecule has 1 heterocycles. The lowest BCUT2D eigenvalue weighted by Crippen LogP contribution is -2.57. The summed E-state index contributed by atoms with van der Waals surface area (Å²) in [6.45, 7) is 8.01. The number of carboxylic acid groups (broad SMARTS) is 1. The van der Waals surface area contributed by atoms with E-state index in [4.69, 9.17) is 0 Å². The van der Waals surface area contributed by atoms with Crippen molar-refractivity contribution in [1.29, 1.82) is 0 Å². The molecule has 0 aliphatic heterocycles. The van der Waals surface area contributed by atoms with Gasteiger partial charge in [-0.2, -0.15) is 0 Å². The summed E-state index contributed by atoms with van der Waals surface area (Å²) >= 11 is 0. The van der Waals surface area contributed by atoms with E-state index < -0.39 is 42.1 Å². The number of aliphatic hydroxyl groups is 1. The van der Waals surface area contributed by atoms with Crippen molar-refractivity contribution in [2.75, 3.05) is 0 Å². The largest absolute Gasteiger partial charge is 0.465 e. The van der Waals surface area contributed by atoms with E-state index in [1.54, 1.807) is 30.5 Å². The van der Waals surface area contributed by atoms with Crippen LogP contribution in [0.1, 0.15) is 37.1 Å². The van der Waals surface area contributed by atoms with Gasteiger partial charge in [0.2, 0.25) is 11.8 Å². The van der Waals surface area contributed by atoms with Crippen LogP contribution >= 0.6 is 0 Å². The molecule has 0 spiro atoms. The topological polar surface area (TPSA) is 156 Å². The Morgan fingerprint density at radius 1 is 0.881 bits per heavy atom. The van der Waals surface area contributed by atoms with E-state index in [9.17, 15) is 24.6 Å². The number of aromatic amines is 1. The molecule has 3 amide bonds. The number of carbonyl (C=O) groups is 3. The first kappa shape index (κ1) is 32.1. The van der Waals surface area contributed by atoms with Crippen molar-refractivity contribution in [3.8, 4) is 0 Å². The first-order valence-electron chi connectivity index (χ1n) is 14.1. The maximum atomic E-state index is 13.8. The summed E-state index contributed by atoms with van der Waals surface area (Å²) in [5.74, 6) is -0.864. The number of nitrogens with zero attached hydrogens (tertiary/aromatic N) is 1. The van der Waals surface area contributed by atoms with Gasteiger partial charge < -0.3 is 31.1 Å². The van der Waals surface area contributed by atoms with E-state index in [1.165, 1.54) is 6.33 Å². The van der Waals surface area contributed by atoms with Crippen LogP contribution in [0.15, 0.2) is 85.8 Å². The summed E-state index contributed by atoms with van der Waals surface area (Å²) in [6, 6.07) is 15.7. The molecule has 0 radical (unpaired) electrons. The molecule has 5 atom stereocenters. The summed E-state index contributed by atoms with van der Waals surface area (Å²) in [7, 11) is 0. The van der Waals surface area contributed by atoms with Gasteiger partial charge in [0, 0.05) is 24.7 Å². The Morgan fingerprint density at radius 3 is 1.98 bits per heavy atom. The average molecular weight is 576 g/mol. The molecule has 0 unspecified atom stereocenters. The number of amides is 3. The van der Waals surface area contributed by atoms with Crippen molar-refractivity contribution >= 4 is 17.9 Å². The lowest BCUT2D eigenvalue weighted by molar-refractivity contribution is -0.130. The van der Waals surface area contributed by atoms with Crippen LogP contribution in [-0.2, 0) is 28.9 Å². The smallest absolute Gasteiger partial charge is 0.405 e. The fourth-order valence-electron chi connectivity index (χ4n) is 4.82. The molecular weight excluding hydrogens is 534 g/mol. The van der Waals surface area contributed by atoms with Crippen molar-refractivity contribution in [1.82, 2.24) is 25.9 Å².